The van der Waals surface area contributed by atoms with Crippen molar-refractivity contribution in [2.75, 3.05) is 14.2 Å². The third-order valence-corrected chi connectivity index (χ3v) is 6.03. The Morgan fingerprint density at radius 3 is 1.94 bits per heavy atom. The molecule has 0 heterocycles. The minimum atomic E-state index is -1.77. The van der Waals surface area contributed by atoms with Crippen LogP contribution in [0.25, 0.3) is 32.3 Å². The summed E-state index contributed by atoms with van der Waals surface area (Å²) in [4.78, 5) is 25.3. The van der Waals surface area contributed by atoms with E-state index in [9.17, 15) is 14.7 Å². The lowest BCUT2D eigenvalue weighted by molar-refractivity contribution is -0.168. The molecule has 0 saturated carbocycles. The van der Waals surface area contributed by atoms with Crippen molar-refractivity contribution in [3.05, 3.63) is 60.2 Å². The molecule has 1 atom stereocenters. The summed E-state index contributed by atoms with van der Waals surface area (Å²) < 4.78 is 9.76. The van der Waals surface area contributed by atoms with Crippen LogP contribution >= 0.6 is 0 Å². The van der Waals surface area contributed by atoms with Crippen molar-refractivity contribution in [3.8, 4) is 36.0 Å². The Bertz CT molecular complexity index is 1520. The molecular weight excluding hydrogens is 440 g/mol. The van der Waals surface area contributed by atoms with Crippen LogP contribution in [0.4, 0.5) is 0 Å². The van der Waals surface area contributed by atoms with E-state index in [-0.39, 0.29) is 12.8 Å². The Morgan fingerprint density at radius 2 is 1.40 bits per heavy atom. The molecule has 0 bridgehead atoms. The minimum Gasteiger partial charge on any atom is -0.468 e. The molecule has 4 aromatic rings. The summed E-state index contributed by atoms with van der Waals surface area (Å²) in [6, 6.07) is 18.5. The maximum Gasteiger partial charge on any atom is 0.325 e. The molecule has 0 spiro atoms. The van der Waals surface area contributed by atoms with Crippen molar-refractivity contribution in [2.24, 2.45) is 5.41 Å². The van der Waals surface area contributed by atoms with Gasteiger partial charge in [-0.2, -0.15) is 0 Å². The molecule has 0 aliphatic heterocycles. The molecule has 1 N–H and O–H groups in total. The molecule has 0 fully saturated rings. The van der Waals surface area contributed by atoms with Crippen molar-refractivity contribution in [3.63, 3.8) is 0 Å². The summed E-state index contributed by atoms with van der Waals surface area (Å²) in [6.45, 7) is 0. The third kappa shape index (κ3) is 4.36. The van der Waals surface area contributed by atoms with Gasteiger partial charge in [-0.05, 0) is 44.5 Å². The Kier molecular flexibility index (Phi) is 6.61. The maximum absolute atomic E-state index is 12.7. The van der Waals surface area contributed by atoms with E-state index in [2.05, 4.69) is 66.0 Å². The molecule has 0 aliphatic rings. The number of hydrogen-bond donors (Lipinski definition) is 1. The summed E-state index contributed by atoms with van der Waals surface area (Å²) in [5.41, 5.74) is -1.03. The smallest absolute Gasteiger partial charge is 0.325 e. The molecule has 172 valence electrons. The average Bonchev–Trinajstić information content (AvgIpc) is 2.89. The van der Waals surface area contributed by atoms with Gasteiger partial charge in [-0.25, -0.2) is 0 Å². The van der Waals surface area contributed by atoms with E-state index < -0.39 is 23.5 Å². The van der Waals surface area contributed by atoms with Gasteiger partial charge in [-0.1, -0.05) is 72.1 Å². The molecule has 4 aromatic carbocycles. The lowest BCUT2D eigenvalue weighted by Crippen LogP contribution is -2.41. The monoisotopic (exact) mass is 462 g/mol. The molecule has 0 saturated heterocycles. The number of benzene rings is 4. The Balaban J connectivity index is 1.74. The van der Waals surface area contributed by atoms with Gasteiger partial charge in [0.2, 0.25) is 0 Å². The number of carbonyl (C=O) groups excluding carboxylic acids is 2. The van der Waals surface area contributed by atoms with Gasteiger partial charge in [0.1, 0.15) is 0 Å². The molecule has 5 heteroatoms. The standard InChI is InChI=1S/C30H22O5/c1-4-25(31)11-7-17-30(28(32)34-2,29(33)35-3)16-6-8-20-18-23-14-12-21-9-5-10-22-13-15-24(19-20)27(23)26(21)22/h1,5,9-10,12-15,18-19,25,31H,16-17H2,2-3H3. The van der Waals surface area contributed by atoms with E-state index in [1.54, 1.807) is 0 Å². The van der Waals surface area contributed by atoms with Crippen molar-refractivity contribution in [1.82, 2.24) is 0 Å². The van der Waals surface area contributed by atoms with Crippen molar-refractivity contribution in [2.45, 2.75) is 18.9 Å². The first-order valence-corrected chi connectivity index (χ1v) is 10.9. The molecule has 0 aliphatic carbocycles. The second kappa shape index (κ2) is 9.78. The SMILES string of the molecule is C#CC(O)C#CCC(CC#Cc1cc2ccc3cccc4ccc(c1)c2c34)(C(=O)OC)C(=O)OC. The van der Waals surface area contributed by atoms with Crippen molar-refractivity contribution < 1.29 is 24.2 Å². The highest BCUT2D eigenvalue weighted by atomic mass is 16.5. The van der Waals surface area contributed by atoms with E-state index in [0.29, 0.717) is 0 Å². The predicted octanol–water partition coefficient (Wildman–Crippen LogP) is 4.05. The maximum atomic E-state index is 12.7. The summed E-state index contributed by atoms with van der Waals surface area (Å²) in [7, 11) is 2.35. The molecule has 35 heavy (non-hydrogen) atoms. The lowest BCUT2D eigenvalue weighted by atomic mass is 9.81. The van der Waals surface area contributed by atoms with Crippen LogP contribution in [-0.4, -0.2) is 37.4 Å². The van der Waals surface area contributed by atoms with Gasteiger partial charge in [-0.15, -0.1) is 6.42 Å². The summed E-state index contributed by atoms with van der Waals surface area (Å²) in [6.07, 6.45) is 3.37. The average molecular weight is 463 g/mol. The molecule has 1 unspecified atom stereocenters. The van der Waals surface area contributed by atoms with Crippen LogP contribution < -0.4 is 0 Å². The summed E-state index contributed by atoms with van der Waals surface area (Å²) >= 11 is 0. The lowest BCUT2D eigenvalue weighted by Gasteiger charge is -2.24. The van der Waals surface area contributed by atoms with Gasteiger partial charge < -0.3 is 14.6 Å². The zero-order chi connectivity index (χ0) is 25.0. The second-order valence-corrected chi connectivity index (χ2v) is 8.12. The normalized spacial score (nSPS) is 11.7. The zero-order valence-corrected chi connectivity index (χ0v) is 19.3. The highest BCUT2D eigenvalue weighted by molar-refractivity contribution is 6.23. The third-order valence-electron chi connectivity index (χ3n) is 6.03. The van der Waals surface area contributed by atoms with Crippen LogP contribution in [0.15, 0.2) is 54.6 Å². The fourth-order valence-corrected chi connectivity index (χ4v) is 4.29. The number of esters is 2. The van der Waals surface area contributed by atoms with Crippen molar-refractivity contribution >= 4 is 44.3 Å². The highest BCUT2D eigenvalue weighted by Crippen LogP contribution is 2.35. The van der Waals surface area contributed by atoms with E-state index in [0.717, 1.165) is 16.3 Å². The van der Waals surface area contributed by atoms with Crippen LogP contribution in [-0.2, 0) is 19.1 Å². The van der Waals surface area contributed by atoms with Crippen LogP contribution in [0.1, 0.15) is 18.4 Å². The number of aliphatic hydroxyl groups excluding tert-OH is 1. The molecule has 5 nitrogen and oxygen atoms in total. The van der Waals surface area contributed by atoms with Crippen LogP contribution in [0, 0.1) is 41.4 Å². The Labute approximate surface area is 203 Å². The van der Waals surface area contributed by atoms with Gasteiger partial charge in [0.25, 0.3) is 0 Å². The number of carbonyl (C=O) groups is 2. The quantitative estimate of drug-likeness (QED) is 0.214. The number of rotatable bonds is 4. The number of hydrogen-bond acceptors (Lipinski definition) is 5. The first-order chi connectivity index (χ1) is 16.9. The predicted molar refractivity (Wildman–Crippen MR) is 135 cm³/mol. The topological polar surface area (TPSA) is 72.8 Å². The first kappa shape index (κ1) is 23.7. The van der Waals surface area contributed by atoms with E-state index in [1.807, 2.05) is 18.2 Å². The first-order valence-electron chi connectivity index (χ1n) is 10.9. The van der Waals surface area contributed by atoms with Crippen LogP contribution in [0.5, 0.6) is 0 Å². The summed E-state index contributed by atoms with van der Waals surface area (Å²) in [5, 5.41) is 16.3. The van der Waals surface area contributed by atoms with Gasteiger partial charge in [-0.3, -0.25) is 9.59 Å². The Hall–Kier alpha value is -4.50. The van der Waals surface area contributed by atoms with Crippen LogP contribution in [0.2, 0.25) is 0 Å². The van der Waals surface area contributed by atoms with Gasteiger partial charge in [0.05, 0.1) is 14.2 Å². The Morgan fingerprint density at radius 1 is 0.886 bits per heavy atom. The molecular formula is C30H22O5. The number of terminal acetylenes is 1. The van der Waals surface area contributed by atoms with E-state index >= 15 is 0 Å². The largest absolute Gasteiger partial charge is 0.468 e. The second-order valence-electron chi connectivity index (χ2n) is 8.12. The van der Waals surface area contributed by atoms with E-state index in [4.69, 9.17) is 15.9 Å². The fraction of sp³-hybridized carbons (Fsp3) is 0.200. The molecule has 0 amide bonds. The van der Waals surface area contributed by atoms with Gasteiger partial charge >= 0.3 is 11.9 Å². The van der Waals surface area contributed by atoms with Crippen molar-refractivity contribution in [1.29, 1.82) is 0 Å². The minimum absolute atomic E-state index is 0.182. The summed E-state index contributed by atoms with van der Waals surface area (Å²) in [5.74, 6) is 11.4. The number of ether oxygens (including phenoxy) is 2. The van der Waals surface area contributed by atoms with E-state index in [1.165, 1.54) is 35.8 Å². The fourth-order valence-electron chi connectivity index (χ4n) is 4.29. The van der Waals surface area contributed by atoms with Gasteiger partial charge in [0, 0.05) is 18.4 Å². The van der Waals surface area contributed by atoms with Gasteiger partial charge in [0.15, 0.2) is 11.5 Å². The molecule has 4 rings (SSSR count). The molecule has 0 aromatic heterocycles. The zero-order valence-electron chi connectivity index (χ0n) is 19.3. The number of aliphatic hydroxyl groups is 1. The number of methoxy groups -OCH3 is 2. The van der Waals surface area contributed by atoms with Crippen LogP contribution in [0.3, 0.4) is 0 Å². The molecule has 0 radical (unpaired) electrons. The highest BCUT2D eigenvalue weighted by Gasteiger charge is 2.47.